The van der Waals surface area contributed by atoms with Crippen molar-refractivity contribution in [2.75, 3.05) is 10.6 Å². The molecule has 24 heavy (non-hydrogen) atoms. The minimum Gasteiger partial charge on any atom is -0.354 e. The third kappa shape index (κ3) is 3.76. The maximum Gasteiger partial charge on any atom is 0.274 e. The van der Waals surface area contributed by atoms with Gasteiger partial charge in [0, 0.05) is 5.69 Å². The van der Waals surface area contributed by atoms with Crippen molar-refractivity contribution < 1.29 is 9.18 Å². The molecule has 0 bridgehead atoms. The molecule has 0 saturated carbocycles. The fourth-order valence-corrected chi connectivity index (χ4v) is 2.24. The van der Waals surface area contributed by atoms with E-state index in [0.717, 1.165) is 16.9 Å². The molecule has 5 heteroatoms. The number of hydrogen-bond donors (Lipinski definition) is 2. The molecule has 0 atom stereocenters. The molecule has 120 valence electrons. The lowest BCUT2D eigenvalue weighted by Gasteiger charge is -2.08. The summed E-state index contributed by atoms with van der Waals surface area (Å²) in [5.41, 5.74) is 3.21. The van der Waals surface area contributed by atoms with Crippen LogP contribution in [0.5, 0.6) is 0 Å². The second-order valence-corrected chi connectivity index (χ2v) is 5.36. The Morgan fingerprint density at radius 2 is 1.83 bits per heavy atom. The Hall–Kier alpha value is -3.21. The van der Waals surface area contributed by atoms with E-state index in [4.69, 9.17) is 0 Å². The summed E-state index contributed by atoms with van der Waals surface area (Å²) in [5.74, 6) is -0.939. The minimum absolute atomic E-state index is 0.131. The summed E-state index contributed by atoms with van der Waals surface area (Å²) in [6.45, 7) is 2.01. The van der Waals surface area contributed by atoms with Crippen LogP contribution in [0, 0.1) is 12.7 Å². The first-order valence-corrected chi connectivity index (χ1v) is 7.47. The Labute approximate surface area is 139 Å². The van der Waals surface area contributed by atoms with E-state index in [1.165, 1.54) is 12.1 Å². The van der Waals surface area contributed by atoms with Gasteiger partial charge in [-0.05, 0) is 48.9 Å². The maximum atomic E-state index is 13.6. The monoisotopic (exact) mass is 321 g/mol. The number of para-hydroxylation sites is 1. The van der Waals surface area contributed by atoms with Crippen molar-refractivity contribution in [3.05, 3.63) is 83.9 Å². The van der Waals surface area contributed by atoms with Gasteiger partial charge in [-0.3, -0.25) is 4.79 Å². The van der Waals surface area contributed by atoms with Gasteiger partial charge in [0.1, 0.15) is 11.5 Å². The number of pyridine rings is 1. The summed E-state index contributed by atoms with van der Waals surface area (Å²) >= 11 is 0. The number of amides is 1. The number of aromatic nitrogens is 1. The Kier molecular flexibility index (Phi) is 4.52. The van der Waals surface area contributed by atoms with Crippen LogP contribution in [0.15, 0.2) is 66.9 Å². The van der Waals surface area contributed by atoms with E-state index in [1.807, 2.05) is 31.2 Å². The molecule has 2 N–H and O–H groups in total. The van der Waals surface area contributed by atoms with Crippen LogP contribution in [0.25, 0.3) is 0 Å². The molecule has 0 unspecified atom stereocenters. The quantitative estimate of drug-likeness (QED) is 0.742. The lowest BCUT2D eigenvalue weighted by atomic mass is 10.2. The largest absolute Gasteiger partial charge is 0.354 e. The number of anilines is 3. The summed E-state index contributed by atoms with van der Waals surface area (Å²) in [6.07, 6.45) is 1.57. The fraction of sp³-hybridized carbons (Fsp3) is 0.0526. The highest BCUT2D eigenvalue weighted by Crippen LogP contribution is 2.18. The number of nitrogens with zero attached hydrogens (tertiary/aromatic N) is 1. The number of nitrogens with one attached hydrogen (secondary N) is 2. The second kappa shape index (κ2) is 6.91. The van der Waals surface area contributed by atoms with E-state index < -0.39 is 11.7 Å². The predicted molar refractivity (Wildman–Crippen MR) is 93.1 cm³/mol. The van der Waals surface area contributed by atoms with Gasteiger partial charge >= 0.3 is 0 Å². The van der Waals surface area contributed by atoms with E-state index in [1.54, 1.807) is 30.5 Å². The van der Waals surface area contributed by atoms with Gasteiger partial charge in [-0.1, -0.05) is 24.3 Å². The Morgan fingerprint density at radius 3 is 2.54 bits per heavy atom. The molecule has 0 saturated heterocycles. The molecular weight excluding hydrogens is 305 g/mol. The highest BCUT2D eigenvalue weighted by molar-refractivity contribution is 6.03. The van der Waals surface area contributed by atoms with Crippen LogP contribution in [-0.4, -0.2) is 10.9 Å². The molecular formula is C19H16FN3O. The van der Waals surface area contributed by atoms with Crippen LogP contribution in [0.3, 0.4) is 0 Å². The van der Waals surface area contributed by atoms with E-state index in [-0.39, 0.29) is 11.4 Å². The zero-order valence-corrected chi connectivity index (χ0v) is 13.1. The third-order valence-corrected chi connectivity index (χ3v) is 3.42. The van der Waals surface area contributed by atoms with Crippen LogP contribution in [0.4, 0.5) is 21.5 Å². The summed E-state index contributed by atoms with van der Waals surface area (Å²) in [7, 11) is 0. The SMILES string of the molecule is Cc1cccc(Nc2ccc(C(=O)Nc3ccccc3F)nc2)c1. The number of carbonyl (C=O) groups is 1. The number of rotatable bonds is 4. The highest BCUT2D eigenvalue weighted by atomic mass is 19.1. The normalized spacial score (nSPS) is 10.2. The number of carbonyl (C=O) groups excluding carboxylic acids is 1. The highest BCUT2D eigenvalue weighted by Gasteiger charge is 2.10. The summed E-state index contributed by atoms with van der Waals surface area (Å²) in [4.78, 5) is 16.2. The molecule has 0 aliphatic heterocycles. The van der Waals surface area contributed by atoms with Crippen molar-refractivity contribution in [2.24, 2.45) is 0 Å². The zero-order chi connectivity index (χ0) is 16.9. The van der Waals surface area contributed by atoms with Crippen LogP contribution < -0.4 is 10.6 Å². The van der Waals surface area contributed by atoms with Crippen molar-refractivity contribution >= 4 is 23.0 Å². The molecule has 0 fully saturated rings. The van der Waals surface area contributed by atoms with Gasteiger partial charge < -0.3 is 10.6 Å². The van der Waals surface area contributed by atoms with Gasteiger partial charge in [-0.25, -0.2) is 9.37 Å². The average Bonchev–Trinajstić information content (AvgIpc) is 2.57. The standard InChI is InChI=1S/C19H16FN3O/c1-13-5-4-6-14(11-13)22-15-9-10-18(21-12-15)19(24)23-17-8-3-2-7-16(17)20/h2-12,22H,1H3,(H,23,24). The van der Waals surface area contributed by atoms with E-state index >= 15 is 0 Å². The molecule has 1 amide bonds. The van der Waals surface area contributed by atoms with Crippen LogP contribution in [0.2, 0.25) is 0 Å². The average molecular weight is 321 g/mol. The minimum atomic E-state index is -0.483. The summed E-state index contributed by atoms with van der Waals surface area (Å²) in [5, 5.41) is 5.72. The Bertz CT molecular complexity index is 862. The molecule has 0 spiro atoms. The molecule has 0 aliphatic rings. The predicted octanol–water partition coefficient (Wildman–Crippen LogP) is 4.53. The summed E-state index contributed by atoms with van der Waals surface area (Å²) in [6, 6.07) is 17.3. The van der Waals surface area contributed by atoms with Gasteiger partial charge in [0.2, 0.25) is 0 Å². The molecule has 3 aromatic rings. The first-order valence-electron chi connectivity index (χ1n) is 7.47. The van der Waals surface area contributed by atoms with Gasteiger partial charge in [0.15, 0.2) is 0 Å². The fourth-order valence-electron chi connectivity index (χ4n) is 2.24. The van der Waals surface area contributed by atoms with Crippen LogP contribution in [-0.2, 0) is 0 Å². The van der Waals surface area contributed by atoms with Gasteiger partial charge in [0.25, 0.3) is 5.91 Å². The zero-order valence-electron chi connectivity index (χ0n) is 13.1. The van der Waals surface area contributed by atoms with Crippen molar-refractivity contribution in [2.45, 2.75) is 6.92 Å². The number of aryl methyl sites for hydroxylation is 1. The first-order chi connectivity index (χ1) is 11.6. The molecule has 4 nitrogen and oxygen atoms in total. The van der Waals surface area contributed by atoms with Crippen LogP contribution >= 0.6 is 0 Å². The number of halogens is 1. The number of benzene rings is 2. The molecule has 3 rings (SSSR count). The molecule has 1 heterocycles. The summed E-state index contributed by atoms with van der Waals surface area (Å²) < 4.78 is 13.6. The number of hydrogen-bond acceptors (Lipinski definition) is 3. The Balaban J connectivity index is 1.70. The Morgan fingerprint density at radius 1 is 1.00 bits per heavy atom. The van der Waals surface area contributed by atoms with Crippen LogP contribution in [0.1, 0.15) is 16.1 Å². The van der Waals surface area contributed by atoms with E-state index in [2.05, 4.69) is 15.6 Å². The molecule has 0 radical (unpaired) electrons. The molecule has 2 aromatic carbocycles. The molecule has 1 aromatic heterocycles. The van der Waals surface area contributed by atoms with Crippen molar-refractivity contribution in [3.63, 3.8) is 0 Å². The second-order valence-electron chi connectivity index (χ2n) is 5.36. The van der Waals surface area contributed by atoms with Gasteiger partial charge in [-0.2, -0.15) is 0 Å². The lowest BCUT2D eigenvalue weighted by Crippen LogP contribution is -2.14. The topological polar surface area (TPSA) is 54.0 Å². The smallest absolute Gasteiger partial charge is 0.274 e. The van der Waals surface area contributed by atoms with Crippen molar-refractivity contribution in [1.29, 1.82) is 0 Å². The van der Waals surface area contributed by atoms with Gasteiger partial charge in [0.05, 0.1) is 17.6 Å². The van der Waals surface area contributed by atoms with Gasteiger partial charge in [-0.15, -0.1) is 0 Å². The maximum absolute atomic E-state index is 13.6. The van der Waals surface area contributed by atoms with E-state index in [0.29, 0.717) is 0 Å². The van der Waals surface area contributed by atoms with Crippen molar-refractivity contribution in [1.82, 2.24) is 4.98 Å². The van der Waals surface area contributed by atoms with E-state index in [9.17, 15) is 9.18 Å². The van der Waals surface area contributed by atoms with Crippen molar-refractivity contribution in [3.8, 4) is 0 Å². The molecule has 0 aliphatic carbocycles. The first kappa shape index (κ1) is 15.7. The third-order valence-electron chi connectivity index (χ3n) is 3.42. The lowest BCUT2D eigenvalue weighted by molar-refractivity contribution is 0.102.